The fourth-order valence-corrected chi connectivity index (χ4v) is 1.77. The maximum absolute atomic E-state index is 12.0. The van der Waals surface area contributed by atoms with E-state index in [-0.39, 0.29) is 5.97 Å². The van der Waals surface area contributed by atoms with Gasteiger partial charge in [0.1, 0.15) is 5.54 Å². The number of carbonyl (C=O) groups excluding carboxylic acids is 1. The molecule has 0 bridgehead atoms. The van der Waals surface area contributed by atoms with Gasteiger partial charge in [-0.3, -0.25) is 4.79 Å². The van der Waals surface area contributed by atoms with Gasteiger partial charge in [-0.2, -0.15) is 0 Å². The van der Waals surface area contributed by atoms with Gasteiger partial charge in [0.05, 0.1) is 19.8 Å². The van der Waals surface area contributed by atoms with Crippen LogP contribution >= 0.6 is 0 Å². The van der Waals surface area contributed by atoms with E-state index in [0.717, 1.165) is 19.6 Å². The minimum absolute atomic E-state index is 0.210. The average Bonchev–Trinajstić information content (AvgIpc) is 2.44. The van der Waals surface area contributed by atoms with Crippen LogP contribution < -0.4 is 5.32 Å². The highest BCUT2D eigenvalue weighted by atomic mass is 16.5. The van der Waals surface area contributed by atoms with Crippen molar-refractivity contribution in [2.45, 2.75) is 53.0 Å². The zero-order valence-corrected chi connectivity index (χ0v) is 14.4. The summed E-state index contributed by atoms with van der Waals surface area (Å²) in [6.07, 6.45) is 1.56. The summed E-state index contributed by atoms with van der Waals surface area (Å²) in [6, 6.07) is 0. The Kier molecular flexibility index (Phi) is 11.6. The molecule has 5 heteroatoms. The summed E-state index contributed by atoms with van der Waals surface area (Å²) in [5.74, 6) is 0.327. The first-order valence-corrected chi connectivity index (χ1v) is 8.04. The molecule has 1 unspecified atom stereocenters. The van der Waals surface area contributed by atoms with Crippen molar-refractivity contribution in [2.24, 2.45) is 5.92 Å². The van der Waals surface area contributed by atoms with E-state index in [0.29, 0.717) is 38.8 Å². The van der Waals surface area contributed by atoms with Crippen LogP contribution in [0.5, 0.6) is 0 Å². The monoisotopic (exact) mass is 303 g/mol. The van der Waals surface area contributed by atoms with Crippen molar-refractivity contribution in [3.8, 4) is 0 Å². The summed E-state index contributed by atoms with van der Waals surface area (Å²) in [6.45, 7) is 13.6. The molecule has 5 nitrogen and oxygen atoms in total. The molecule has 0 fully saturated rings. The number of ether oxygens (including phenoxy) is 3. The second kappa shape index (κ2) is 12.0. The second-order valence-corrected chi connectivity index (χ2v) is 5.81. The van der Waals surface area contributed by atoms with Crippen molar-refractivity contribution in [1.82, 2.24) is 5.32 Å². The Morgan fingerprint density at radius 2 is 1.81 bits per heavy atom. The number of hydrogen-bond donors (Lipinski definition) is 1. The van der Waals surface area contributed by atoms with E-state index >= 15 is 0 Å². The zero-order chi connectivity index (χ0) is 16.1. The van der Waals surface area contributed by atoms with Crippen LogP contribution in [0.2, 0.25) is 0 Å². The third kappa shape index (κ3) is 9.82. The molecule has 0 aromatic heterocycles. The molecule has 0 heterocycles. The SMILES string of the molecule is CCCNC(C)(CCOCCOCC(C)C)C(=O)OCC. The number of hydrogen-bond acceptors (Lipinski definition) is 5. The molecule has 0 aliphatic rings. The molecule has 0 saturated heterocycles. The molecular weight excluding hydrogens is 270 g/mol. The summed E-state index contributed by atoms with van der Waals surface area (Å²) in [5, 5.41) is 3.26. The Morgan fingerprint density at radius 1 is 1.14 bits per heavy atom. The van der Waals surface area contributed by atoms with Gasteiger partial charge in [0.15, 0.2) is 0 Å². The van der Waals surface area contributed by atoms with Crippen LogP contribution in [0.25, 0.3) is 0 Å². The molecule has 21 heavy (non-hydrogen) atoms. The van der Waals surface area contributed by atoms with Crippen LogP contribution in [0.1, 0.15) is 47.5 Å². The van der Waals surface area contributed by atoms with E-state index in [1.54, 1.807) is 0 Å². The molecule has 0 saturated carbocycles. The largest absolute Gasteiger partial charge is 0.465 e. The lowest BCUT2D eigenvalue weighted by Crippen LogP contribution is -2.51. The van der Waals surface area contributed by atoms with Gasteiger partial charge in [-0.15, -0.1) is 0 Å². The number of carbonyl (C=O) groups is 1. The van der Waals surface area contributed by atoms with Crippen molar-refractivity contribution < 1.29 is 19.0 Å². The first-order chi connectivity index (χ1) is 9.96. The Morgan fingerprint density at radius 3 is 2.38 bits per heavy atom. The topological polar surface area (TPSA) is 56.8 Å². The molecule has 1 N–H and O–H groups in total. The highest BCUT2D eigenvalue weighted by Crippen LogP contribution is 2.13. The van der Waals surface area contributed by atoms with Gasteiger partial charge in [-0.05, 0) is 39.2 Å². The van der Waals surface area contributed by atoms with E-state index in [1.807, 2.05) is 13.8 Å². The van der Waals surface area contributed by atoms with E-state index in [9.17, 15) is 4.79 Å². The minimum atomic E-state index is -0.676. The van der Waals surface area contributed by atoms with Gasteiger partial charge in [0.2, 0.25) is 0 Å². The summed E-state index contributed by atoms with van der Waals surface area (Å²) in [7, 11) is 0. The average molecular weight is 303 g/mol. The lowest BCUT2D eigenvalue weighted by molar-refractivity contribution is -0.151. The standard InChI is InChI=1S/C16H33NO4/c1-6-9-17-16(5,15(18)21-7-2)8-10-19-11-12-20-13-14(3)4/h14,17H,6-13H2,1-5H3. The van der Waals surface area contributed by atoms with Crippen LogP contribution in [-0.2, 0) is 19.0 Å². The molecule has 0 spiro atoms. The third-order valence-electron chi connectivity index (χ3n) is 3.06. The van der Waals surface area contributed by atoms with Gasteiger partial charge in [0, 0.05) is 13.2 Å². The van der Waals surface area contributed by atoms with E-state index in [2.05, 4.69) is 26.1 Å². The van der Waals surface area contributed by atoms with Gasteiger partial charge in [0.25, 0.3) is 0 Å². The second-order valence-electron chi connectivity index (χ2n) is 5.81. The van der Waals surface area contributed by atoms with Gasteiger partial charge >= 0.3 is 5.97 Å². The zero-order valence-electron chi connectivity index (χ0n) is 14.4. The van der Waals surface area contributed by atoms with Crippen molar-refractivity contribution in [3.05, 3.63) is 0 Å². The molecule has 0 aromatic carbocycles. The fourth-order valence-electron chi connectivity index (χ4n) is 1.77. The third-order valence-corrected chi connectivity index (χ3v) is 3.06. The summed E-state index contributed by atoms with van der Waals surface area (Å²) in [5.41, 5.74) is -0.676. The predicted octanol–water partition coefficient (Wildman–Crippen LogP) is 2.39. The van der Waals surface area contributed by atoms with Crippen molar-refractivity contribution in [3.63, 3.8) is 0 Å². The Bertz CT molecular complexity index is 271. The van der Waals surface area contributed by atoms with Crippen LogP contribution in [0.3, 0.4) is 0 Å². The number of esters is 1. The minimum Gasteiger partial charge on any atom is -0.465 e. The molecular formula is C16H33NO4. The van der Waals surface area contributed by atoms with Crippen molar-refractivity contribution in [1.29, 1.82) is 0 Å². The summed E-state index contributed by atoms with van der Waals surface area (Å²) >= 11 is 0. The Balaban J connectivity index is 3.98. The molecule has 0 aliphatic heterocycles. The van der Waals surface area contributed by atoms with Crippen LogP contribution in [0.4, 0.5) is 0 Å². The van der Waals surface area contributed by atoms with E-state index in [1.165, 1.54) is 0 Å². The first kappa shape index (κ1) is 20.3. The van der Waals surface area contributed by atoms with Gasteiger partial charge in [-0.25, -0.2) is 0 Å². The van der Waals surface area contributed by atoms with Crippen LogP contribution in [-0.4, -0.2) is 51.1 Å². The quantitative estimate of drug-likeness (QED) is 0.418. The molecule has 0 amide bonds. The molecule has 0 rings (SSSR count). The molecule has 1 atom stereocenters. The summed E-state index contributed by atoms with van der Waals surface area (Å²) < 4.78 is 16.1. The Labute approximate surface area is 129 Å². The smallest absolute Gasteiger partial charge is 0.326 e. The number of rotatable bonds is 13. The molecule has 126 valence electrons. The van der Waals surface area contributed by atoms with E-state index in [4.69, 9.17) is 14.2 Å². The first-order valence-electron chi connectivity index (χ1n) is 8.04. The Hall–Kier alpha value is -0.650. The van der Waals surface area contributed by atoms with E-state index < -0.39 is 5.54 Å². The van der Waals surface area contributed by atoms with Gasteiger partial charge < -0.3 is 19.5 Å². The molecule has 0 aliphatic carbocycles. The predicted molar refractivity (Wildman–Crippen MR) is 84.4 cm³/mol. The maximum Gasteiger partial charge on any atom is 0.326 e. The summed E-state index contributed by atoms with van der Waals surface area (Å²) in [4.78, 5) is 12.0. The highest BCUT2D eigenvalue weighted by Gasteiger charge is 2.33. The molecule has 0 radical (unpaired) electrons. The normalized spacial score (nSPS) is 14.2. The van der Waals surface area contributed by atoms with Crippen LogP contribution in [0.15, 0.2) is 0 Å². The lowest BCUT2D eigenvalue weighted by atomic mass is 9.98. The van der Waals surface area contributed by atoms with Gasteiger partial charge in [-0.1, -0.05) is 20.8 Å². The van der Waals surface area contributed by atoms with Crippen molar-refractivity contribution in [2.75, 3.05) is 39.6 Å². The fraction of sp³-hybridized carbons (Fsp3) is 0.938. The van der Waals surface area contributed by atoms with Crippen LogP contribution in [0, 0.1) is 5.92 Å². The molecule has 0 aromatic rings. The lowest BCUT2D eigenvalue weighted by Gasteiger charge is -2.28. The number of nitrogens with one attached hydrogen (secondary N) is 1. The highest BCUT2D eigenvalue weighted by molar-refractivity contribution is 5.80. The maximum atomic E-state index is 12.0. The van der Waals surface area contributed by atoms with Crippen molar-refractivity contribution >= 4 is 5.97 Å².